The van der Waals surface area contributed by atoms with Gasteiger partial charge in [-0.05, 0) is 31.9 Å². The molecule has 21 heavy (non-hydrogen) atoms. The van der Waals surface area contributed by atoms with Crippen molar-refractivity contribution in [1.29, 1.82) is 0 Å². The standard InChI is InChI=1S/C16H19NO3S/c1-11-3-9-14(10-4-11)21(19,20)17(2)15-12-5-7-13(8-6-12)16(15)18/h3-5,7,9-10,12-13,15H,6,8H2,1-2H3/t12-,13+,15+/m0/s1. The minimum absolute atomic E-state index is 0.00715. The van der Waals surface area contributed by atoms with Crippen LogP contribution in [0.25, 0.3) is 0 Å². The molecule has 0 amide bonds. The van der Waals surface area contributed by atoms with Gasteiger partial charge in [0.15, 0.2) is 5.78 Å². The summed E-state index contributed by atoms with van der Waals surface area (Å²) in [7, 11) is -2.11. The van der Waals surface area contributed by atoms with Crippen LogP contribution >= 0.6 is 0 Å². The molecule has 3 atom stereocenters. The molecule has 5 heteroatoms. The zero-order valence-corrected chi connectivity index (χ0v) is 13.0. The van der Waals surface area contributed by atoms with E-state index >= 15 is 0 Å². The van der Waals surface area contributed by atoms with Gasteiger partial charge in [-0.1, -0.05) is 29.8 Å². The summed E-state index contributed by atoms with van der Waals surface area (Å²) in [5.41, 5.74) is 1.01. The number of fused-ring (bicyclic) bond motifs is 2. The molecule has 0 N–H and O–H groups in total. The lowest BCUT2D eigenvalue weighted by molar-refractivity contribution is -0.129. The molecule has 0 saturated heterocycles. The number of nitrogens with zero attached hydrogens (tertiary/aromatic N) is 1. The van der Waals surface area contributed by atoms with Crippen LogP contribution in [-0.2, 0) is 14.8 Å². The third-order valence-corrected chi connectivity index (χ3v) is 6.41. The van der Waals surface area contributed by atoms with Gasteiger partial charge in [-0.25, -0.2) is 8.42 Å². The van der Waals surface area contributed by atoms with Crippen LogP contribution in [0, 0.1) is 18.8 Å². The zero-order chi connectivity index (χ0) is 15.2. The van der Waals surface area contributed by atoms with Gasteiger partial charge in [0.1, 0.15) is 0 Å². The molecule has 3 aliphatic carbocycles. The molecule has 0 spiro atoms. The van der Waals surface area contributed by atoms with E-state index in [9.17, 15) is 13.2 Å². The van der Waals surface area contributed by atoms with Crippen LogP contribution in [0.15, 0.2) is 41.3 Å². The van der Waals surface area contributed by atoms with Gasteiger partial charge >= 0.3 is 0 Å². The summed E-state index contributed by atoms with van der Waals surface area (Å²) in [5, 5.41) is 0. The van der Waals surface area contributed by atoms with Gasteiger partial charge in [-0.3, -0.25) is 4.79 Å². The van der Waals surface area contributed by atoms with E-state index < -0.39 is 16.1 Å². The molecule has 0 radical (unpaired) electrons. The number of hydrogen-bond donors (Lipinski definition) is 0. The fourth-order valence-electron chi connectivity index (χ4n) is 3.25. The van der Waals surface area contributed by atoms with Crippen molar-refractivity contribution in [2.24, 2.45) is 11.8 Å². The van der Waals surface area contributed by atoms with Crippen LogP contribution in [0.3, 0.4) is 0 Å². The van der Waals surface area contributed by atoms with Crippen LogP contribution in [0.4, 0.5) is 0 Å². The topological polar surface area (TPSA) is 54.5 Å². The molecule has 2 bridgehead atoms. The molecule has 4 nitrogen and oxygen atoms in total. The Morgan fingerprint density at radius 3 is 2.29 bits per heavy atom. The number of hydrogen-bond acceptors (Lipinski definition) is 3. The van der Waals surface area contributed by atoms with Crippen molar-refractivity contribution in [3.63, 3.8) is 0 Å². The van der Waals surface area contributed by atoms with E-state index in [1.165, 1.54) is 11.4 Å². The van der Waals surface area contributed by atoms with Crippen LogP contribution in [0.2, 0.25) is 0 Å². The van der Waals surface area contributed by atoms with E-state index in [4.69, 9.17) is 0 Å². The SMILES string of the molecule is Cc1ccc(S(=O)(=O)N(C)[C@H]2C(=O)[C@@H]3C=C[C@H]2CC3)cc1. The maximum absolute atomic E-state index is 12.7. The van der Waals surface area contributed by atoms with Crippen molar-refractivity contribution in [2.75, 3.05) is 7.05 Å². The zero-order valence-electron chi connectivity index (χ0n) is 12.2. The molecule has 112 valence electrons. The Bertz CT molecular complexity index is 691. The minimum Gasteiger partial charge on any atom is -0.297 e. The Kier molecular flexibility index (Phi) is 3.50. The molecule has 0 aromatic heterocycles. The first kappa shape index (κ1) is 14.5. The number of rotatable bonds is 3. The third kappa shape index (κ3) is 2.34. The lowest BCUT2D eigenvalue weighted by Gasteiger charge is -2.40. The van der Waals surface area contributed by atoms with Crippen molar-refractivity contribution < 1.29 is 13.2 Å². The van der Waals surface area contributed by atoms with E-state index in [-0.39, 0.29) is 22.5 Å². The second-order valence-corrected chi connectivity index (χ2v) is 7.91. The Morgan fingerprint density at radius 2 is 1.76 bits per heavy atom. The summed E-state index contributed by atoms with van der Waals surface area (Å²) in [6.45, 7) is 1.91. The fourth-order valence-corrected chi connectivity index (χ4v) is 4.62. The number of sulfonamides is 1. The monoisotopic (exact) mass is 305 g/mol. The third-order valence-electron chi connectivity index (χ3n) is 4.55. The number of likely N-dealkylation sites (N-methyl/N-ethyl adjacent to an activating group) is 1. The van der Waals surface area contributed by atoms with Crippen molar-refractivity contribution in [3.05, 3.63) is 42.0 Å². The molecule has 1 aromatic rings. The fraction of sp³-hybridized carbons (Fsp3) is 0.438. The minimum atomic E-state index is -3.63. The van der Waals surface area contributed by atoms with E-state index in [0.29, 0.717) is 0 Å². The van der Waals surface area contributed by atoms with Gasteiger partial charge in [-0.15, -0.1) is 0 Å². The van der Waals surface area contributed by atoms with Crippen LogP contribution in [-0.4, -0.2) is 31.6 Å². The number of benzene rings is 1. The largest absolute Gasteiger partial charge is 0.297 e. The van der Waals surface area contributed by atoms with Crippen molar-refractivity contribution in [2.45, 2.75) is 30.7 Å². The van der Waals surface area contributed by atoms with Gasteiger partial charge in [0.2, 0.25) is 10.0 Å². The van der Waals surface area contributed by atoms with Crippen LogP contribution in [0.1, 0.15) is 18.4 Å². The lowest BCUT2D eigenvalue weighted by Crippen LogP contribution is -2.52. The quantitative estimate of drug-likeness (QED) is 0.804. The van der Waals surface area contributed by atoms with E-state index in [0.717, 1.165) is 18.4 Å². The molecule has 0 aliphatic heterocycles. The predicted molar refractivity (Wildman–Crippen MR) is 80.3 cm³/mol. The van der Waals surface area contributed by atoms with Crippen molar-refractivity contribution in [3.8, 4) is 0 Å². The molecule has 4 rings (SSSR count). The summed E-state index contributed by atoms with van der Waals surface area (Å²) < 4.78 is 26.7. The van der Waals surface area contributed by atoms with Gasteiger partial charge in [0.25, 0.3) is 0 Å². The van der Waals surface area contributed by atoms with Gasteiger partial charge in [0.05, 0.1) is 10.9 Å². The van der Waals surface area contributed by atoms with E-state index in [2.05, 4.69) is 0 Å². The molecule has 3 aliphatic rings. The number of carbonyl (C=O) groups excluding carboxylic acids is 1. The Labute approximate surface area is 125 Å². The Morgan fingerprint density at radius 1 is 1.10 bits per heavy atom. The first-order valence-corrected chi connectivity index (χ1v) is 8.62. The summed E-state index contributed by atoms with van der Waals surface area (Å²) in [5.74, 6) is -0.0738. The first-order chi connectivity index (χ1) is 9.91. The Balaban J connectivity index is 1.94. The Hall–Kier alpha value is -1.46. The summed E-state index contributed by atoms with van der Waals surface area (Å²) in [4.78, 5) is 12.6. The van der Waals surface area contributed by atoms with Crippen molar-refractivity contribution in [1.82, 2.24) is 4.31 Å². The summed E-state index contributed by atoms with van der Waals surface area (Å²) in [6.07, 6.45) is 5.65. The van der Waals surface area contributed by atoms with E-state index in [1.54, 1.807) is 24.3 Å². The molecule has 1 aromatic carbocycles. The smallest absolute Gasteiger partial charge is 0.243 e. The number of carbonyl (C=O) groups is 1. The molecular weight excluding hydrogens is 286 g/mol. The van der Waals surface area contributed by atoms with Gasteiger partial charge in [0, 0.05) is 18.9 Å². The molecule has 0 unspecified atom stereocenters. The normalized spacial score (nSPS) is 28.3. The van der Waals surface area contributed by atoms with Crippen LogP contribution < -0.4 is 0 Å². The first-order valence-electron chi connectivity index (χ1n) is 7.18. The number of aryl methyl sites for hydroxylation is 1. The van der Waals surface area contributed by atoms with Crippen molar-refractivity contribution >= 4 is 15.8 Å². The average molecular weight is 305 g/mol. The molecule has 1 fully saturated rings. The van der Waals surface area contributed by atoms with Crippen LogP contribution in [0.5, 0.6) is 0 Å². The molecule has 0 heterocycles. The highest BCUT2D eigenvalue weighted by molar-refractivity contribution is 7.89. The number of Topliss-reactive ketones (excluding diaryl/α,β-unsaturated/α-hetero) is 1. The number of ketones is 1. The van der Waals surface area contributed by atoms with Gasteiger partial charge < -0.3 is 0 Å². The predicted octanol–water partition coefficient (Wildman–Crippen LogP) is 2.15. The summed E-state index contributed by atoms with van der Waals surface area (Å²) in [6, 6.07) is 6.19. The second-order valence-electron chi connectivity index (χ2n) is 5.91. The molecular formula is C16H19NO3S. The number of allylic oxidation sites excluding steroid dienone is 1. The van der Waals surface area contributed by atoms with Gasteiger partial charge in [-0.2, -0.15) is 4.31 Å². The molecule has 1 saturated carbocycles. The highest BCUT2D eigenvalue weighted by Gasteiger charge is 2.45. The maximum atomic E-state index is 12.7. The maximum Gasteiger partial charge on any atom is 0.243 e. The highest BCUT2D eigenvalue weighted by atomic mass is 32.2. The lowest BCUT2D eigenvalue weighted by atomic mass is 9.72. The van der Waals surface area contributed by atoms with E-state index in [1.807, 2.05) is 19.1 Å². The summed E-state index contributed by atoms with van der Waals surface area (Å²) >= 11 is 0. The second kappa shape index (κ2) is 5.07. The average Bonchev–Trinajstić information content (AvgIpc) is 2.48. The highest BCUT2D eigenvalue weighted by Crippen LogP contribution is 2.37.